The summed E-state index contributed by atoms with van der Waals surface area (Å²) >= 11 is 11.3. The molecule has 0 heterocycles. The van der Waals surface area contributed by atoms with E-state index in [4.69, 9.17) is 23.2 Å². The summed E-state index contributed by atoms with van der Waals surface area (Å²) in [6, 6.07) is 5.22. The monoisotopic (exact) mass is 228 g/mol. The Hall–Kier alpha value is -0.790. The Morgan fingerprint density at radius 3 is 2.71 bits per heavy atom. The van der Waals surface area contributed by atoms with E-state index in [1.54, 1.807) is 12.1 Å². The Morgan fingerprint density at radius 1 is 1.29 bits per heavy atom. The molecule has 1 aromatic rings. The van der Waals surface area contributed by atoms with E-state index in [2.05, 4.69) is 0 Å². The maximum atomic E-state index is 10.7. The van der Waals surface area contributed by atoms with Crippen LogP contribution >= 0.6 is 23.2 Å². The average molecular weight is 229 g/mol. The summed E-state index contributed by atoms with van der Waals surface area (Å²) in [5.74, 6) is 0.584. The lowest BCUT2D eigenvalue weighted by Gasteiger charge is -1.98. The highest BCUT2D eigenvalue weighted by Gasteiger charge is 1.98. The quantitative estimate of drug-likeness (QED) is 0.567. The Bertz CT molecular complexity index is 345. The molecule has 3 heteroatoms. The SMILES string of the molecule is O=Cc1cc(Cl)ccc1C=CCCCl. The molecule has 1 nitrogen and oxygen atoms in total. The minimum atomic E-state index is 0.571. The third-order valence-electron chi connectivity index (χ3n) is 1.75. The predicted octanol–water partition coefficient (Wildman–Crippen LogP) is 3.79. The Labute approximate surface area is 93.3 Å². The summed E-state index contributed by atoms with van der Waals surface area (Å²) in [6.07, 6.45) is 5.40. The van der Waals surface area contributed by atoms with Gasteiger partial charge < -0.3 is 0 Å². The van der Waals surface area contributed by atoms with Crippen LogP contribution in [0.5, 0.6) is 0 Å². The second-order valence-corrected chi connectivity index (χ2v) is 3.59. The van der Waals surface area contributed by atoms with Gasteiger partial charge in [0.15, 0.2) is 6.29 Å². The minimum Gasteiger partial charge on any atom is -0.298 e. The lowest BCUT2D eigenvalue weighted by atomic mass is 10.1. The molecule has 0 amide bonds. The number of halogens is 2. The van der Waals surface area contributed by atoms with E-state index < -0.39 is 0 Å². The van der Waals surface area contributed by atoms with Crippen molar-refractivity contribution in [2.24, 2.45) is 0 Å². The molecule has 0 bridgehead atoms. The number of hydrogen-bond donors (Lipinski definition) is 0. The number of allylic oxidation sites excluding steroid dienone is 1. The zero-order valence-electron chi connectivity index (χ0n) is 7.54. The lowest BCUT2D eigenvalue weighted by molar-refractivity contribution is 0.112. The molecule has 0 fully saturated rings. The topological polar surface area (TPSA) is 17.1 Å². The number of alkyl halides is 1. The van der Waals surface area contributed by atoms with Crippen molar-refractivity contribution in [2.75, 3.05) is 5.88 Å². The van der Waals surface area contributed by atoms with Gasteiger partial charge in [0.2, 0.25) is 0 Å². The van der Waals surface area contributed by atoms with Crippen molar-refractivity contribution >= 4 is 35.6 Å². The molecule has 0 radical (unpaired) electrons. The molecule has 0 N–H and O–H groups in total. The lowest BCUT2D eigenvalue weighted by Crippen LogP contribution is -1.85. The molecule has 0 saturated heterocycles. The van der Waals surface area contributed by atoms with Crippen molar-refractivity contribution in [2.45, 2.75) is 6.42 Å². The van der Waals surface area contributed by atoms with Crippen molar-refractivity contribution < 1.29 is 4.79 Å². The summed E-state index contributed by atoms with van der Waals surface area (Å²) in [4.78, 5) is 10.7. The van der Waals surface area contributed by atoms with Crippen LogP contribution in [0.1, 0.15) is 22.3 Å². The van der Waals surface area contributed by atoms with Gasteiger partial charge in [0.1, 0.15) is 0 Å². The van der Waals surface area contributed by atoms with Gasteiger partial charge in [-0.2, -0.15) is 0 Å². The molecule has 0 aliphatic carbocycles. The number of aldehydes is 1. The third-order valence-corrected chi connectivity index (χ3v) is 2.20. The van der Waals surface area contributed by atoms with Crippen molar-refractivity contribution in [3.05, 3.63) is 40.4 Å². The van der Waals surface area contributed by atoms with Crippen molar-refractivity contribution in [3.63, 3.8) is 0 Å². The van der Waals surface area contributed by atoms with Crippen LogP contribution < -0.4 is 0 Å². The van der Waals surface area contributed by atoms with Crippen LogP contribution in [0.4, 0.5) is 0 Å². The van der Waals surface area contributed by atoms with E-state index in [-0.39, 0.29) is 0 Å². The third kappa shape index (κ3) is 3.17. The summed E-state index contributed by atoms with van der Waals surface area (Å²) in [7, 11) is 0. The molecule has 0 saturated carbocycles. The summed E-state index contributed by atoms with van der Waals surface area (Å²) in [5.41, 5.74) is 1.47. The van der Waals surface area contributed by atoms with Gasteiger partial charge in [-0.15, -0.1) is 11.6 Å². The highest BCUT2D eigenvalue weighted by molar-refractivity contribution is 6.30. The van der Waals surface area contributed by atoms with Crippen LogP contribution in [0.15, 0.2) is 24.3 Å². The van der Waals surface area contributed by atoms with Gasteiger partial charge in [-0.3, -0.25) is 4.79 Å². The zero-order valence-corrected chi connectivity index (χ0v) is 9.05. The fraction of sp³-hybridized carbons (Fsp3) is 0.182. The Balaban J connectivity index is 2.90. The summed E-state index contributed by atoms with van der Waals surface area (Å²) in [6.45, 7) is 0. The largest absolute Gasteiger partial charge is 0.298 e. The number of carbonyl (C=O) groups is 1. The smallest absolute Gasteiger partial charge is 0.150 e. The van der Waals surface area contributed by atoms with Crippen molar-refractivity contribution in [1.82, 2.24) is 0 Å². The number of carbonyl (C=O) groups excluding carboxylic acids is 1. The van der Waals surface area contributed by atoms with Crippen LogP contribution in [0, 0.1) is 0 Å². The van der Waals surface area contributed by atoms with Crippen LogP contribution in [-0.4, -0.2) is 12.2 Å². The number of hydrogen-bond acceptors (Lipinski definition) is 1. The first-order valence-corrected chi connectivity index (χ1v) is 5.16. The van der Waals surface area contributed by atoms with E-state index in [9.17, 15) is 4.79 Å². The van der Waals surface area contributed by atoms with Crippen molar-refractivity contribution in [3.8, 4) is 0 Å². The van der Waals surface area contributed by atoms with E-state index in [1.807, 2.05) is 18.2 Å². The molecule has 0 aliphatic rings. The maximum Gasteiger partial charge on any atom is 0.150 e. The van der Waals surface area contributed by atoms with E-state index in [0.717, 1.165) is 18.3 Å². The molecule has 0 aliphatic heterocycles. The first-order valence-electron chi connectivity index (χ1n) is 4.25. The maximum absolute atomic E-state index is 10.7. The normalized spacial score (nSPS) is 10.7. The molecule has 14 heavy (non-hydrogen) atoms. The molecular weight excluding hydrogens is 219 g/mol. The van der Waals surface area contributed by atoms with Crippen LogP contribution in [0.3, 0.4) is 0 Å². The number of rotatable bonds is 4. The predicted molar refractivity (Wildman–Crippen MR) is 61.2 cm³/mol. The summed E-state index contributed by atoms with van der Waals surface area (Å²) in [5, 5.41) is 0.571. The fourth-order valence-corrected chi connectivity index (χ4v) is 1.38. The first-order chi connectivity index (χ1) is 6.77. The van der Waals surface area contributed by atoms with Gasteiger partial charge in [-0.05, 0) is 24.1 Å². The van der Waals surface area contributed by atoms with Gasteiger partial charge >= 0.3 is 0 Å². The number of benzene rings is 1. The fourth-order valence-electron chi connectivity index (χ4n) is 1.07. The van der Waals surface area contributed by atoms with Gasteiger partial charge in [-0.25, -0.2) is 0 Å². The van der Waals surface area contributed by atoms with Crippen LogP contribution in [0.2, 0.25) is 5.02 Å². The molecule has 74 valence electrons. The molecule has 0 atom stereocenters. The van der Waals surface area contributed by atoms with Crippen LogP contribution in [-0.2, 0) is 0 Å². The van der Waals surface area contributed by atoms with Crippen LogP contribution in [0.25, 0.3) is 6.08 Å². The highest BCUT2D eigenvalue weighted by atomic mass is 35.5. The molecule has 0 aromatic heterocycles. The summed E-state index contributed by atoms with van der Waals surface area (Å²) < 4.78 is 0. The second-order valence-electron chi connectivity index (χ2n) is 2.77. The van der Waals surface area contributed by atoms with E-state index in [0.29, 0.717) is 16.5 Å². The average Bonchev–Trinajstić information content (AvgIpc) is 2.20. The van der Waals surface area contributed by atoms with Gasteiger partial charge in [0.25, 0.3) is 0 Å². The molecule has 0 unspecified atom stereocenters. The van der Waals surface area contributed by atoms with Gasteiger partial charge in [0, 0.05) is 16.5 Å². The highest BCUT2D eigenvalue weighted by Crippen LogP contribution is 2.16. The molecule has 1 aromatic carbocycles. The van der Waals surface area contributed by atoms with E-state index in [1.165, 1.54) is 0 Å². The Kier molecular flexibility index (Phi) is 4.71. The standard InChI is InChI=1S/C11H10Cl2O/c12-6-2-1-3-9-4-5-11(13)7-10(9)8-14/h1,3-5,7-8H,2,6H2. The molecule has 1 rings (SSSR count). The zero-order chi connectivity index (χ0) is 10.4. The molecular formula is C11H10Cl2O. The van der Waals surface area contributed by atoms with Gasteiger partial charge in [-0.1, -0.05) is 29.8 Å². The van der Waals surface area contributed by atoms with Gasteiger partial charge in [0.05, 0.1) is 0 Å². The first kappa shape index (κ1) is 11.3. The van der Waals surface area contributed by atoms with E-state index >= 15 is 0 Å². The molecule has 0 spiro atoms. The minimum absolute atomic E-state index is 0.571. The second kappa shape index (κ2) is 5.84. The Morgan fingerprint density at radius 2 is 2.07 bits per heavy atom. The van der Waals surface area contributed by atoms with Crippen molar-refractivity contribution in [1.29, 1.82) is 0 Å².